The lowest BCUT2D eigenvalue weighted by atomic mass is 9.93. The van der Waals surface area contributed by atoms with E-state index in [0.717, 1.165) is 24.4 Å². The summed E-state index contributed by atoms with van der Waals surface area (Å²) in [5.41, 5.74) is 1.93. The van der Waals surface area contributed by atoms with Crippen LogP contribution in [-0.2, 0) is 22.6 Å². The molecule has 0 aromatic heterocycles. The highest BCUT2D eigenvalue weighted by Crippen LogP contribution is 2.12. The predicted octanol–water partition coefficient (Wildman–Crippen LogP) is -1.73. The molecule has 2 rings (SSSR count). The summed E-state index contributed by atoms with van der Waals surface area (Å²) in [5, 5.41) is 12.9. The maximum atomic E-state index is 12.2. The van der Waals surface area contributed by atoms with Crippen LogP contribution < -0.4 is 15.3 Å². The zero-order chi connectivity index (χ0) is 14.8. The van der Waals surface area contributed by atoms with E-state index in [-0.39, 0.29) is 5.91 Å². The zero-order valence-corrected chi connectivity index (χ0v) is 11.9. The van der Waals surface area contributed by atoms with Gasteiger partial charge in [0, 0.05) is 12.0 Å². The van der Waals surface area contributed by atoms with Crippen molar-refractivity contribution in [1.29, 1.82) is 0 Å². The lowest BCUT2D eigenvalue weighted by Crippen LogP contribution is -3.20. The van der Waals surface area contributed by atoms with Gasteiger partial charge in [0.2, 0.25) is 0 Å². The summed E-state index contributed by atoms with van der Waals surface area (Å²) >= 11 is 0. The predicted molar refractivity (Wildman–Crippen MR) is 71.8 cm³/mol. The smallest absolute Gasteiger partial charge is 0.281 e. The molecule has 5 heteroatoms. The van der Waals surface area contributed by atoms with Gasteiger partial charge in [-0.25, -0.2) is 0 Å². The molecule has 0 fully saturated rings. The number of hydrogen-bond donors (Lipinski definition) is 2. The highest BCUT2D eigenvalue weighted by Gasteiger charge is 2.40. The van der Waals surface area contributed by atoms with Crippen LogP contribution in [0.2, 0.25) is 0 Å². The van der Waals surface area contributed by atoms with Gasteiger partial charge in [0.25, 0.3) is 5.91 Å². The molecule has 5 nitrogen and oxygen atoms in total. The molecule has 1 aliphatic heterocycles. The summed E-state index contributed by atoms with van der Waals surface area (Å²) in [6.07, 6.45) is 0.933. The first-order valence-corrected chi connectivity index (χ1v) is 6.81. The topological polar surface area (TPSA) is 73.7 Å². The van der Waals surface area contributed by atoms with E-state index in [1.807, 2.05) is 26.0 Å². The van der Waals surface area contributed by atoms with Gasteiger partial charge in [-0.2, -0.15) is 0 Å². The molecule has 1 atom stereocenters. The zero-order valence-electron chi connectivity index (χ0n) is 11.9. The monoisotopic (exact) mass is 276 g/mol. The number of quaternary nitrogens is 1. The van der Waals surface area contributed by atoms with Gasteiger partial charge in [-0.1, -0.05) is 24.3 Å². The van der Waals surface area contributed by atoms with E-state index in [4.69, 9.17) is 0 Å². The SMILES string of the molecule is CC(C)(C(=O)NCC(=O)[O-])[NH+]1CCc2ccccc2C1. The van der Waals surface area contributed by atoms with Crippen LogP contribution in [0.3, 0.4) is 0 Å². The van der Waals surface area contributed by atoms with E-state index < -0.39 is 18.1 Å². The summed E-state index contributed by atoms with van der Waals surface area (Å²) in [7, 11) is 0. The minimum Gasteiger partial charge on any atom is -0.548 e. The molecule has 1 unspecified atom stereocenters. The van der Waals surface area contributed by atoms with Crippen LogP contribution >= 0.6 is 0 Å². The van der Waals surface area contributed by atoms with E-state index in [0.29, 0.717) is 0 Å². The summed E-state index contributed by atoms with van der Waals surface area (Å²) in [5.74, 6) is -1.52. The van der Waals surface area contributed by atoms with Gasteiger partial charge in [-0.05, 0) is 19.4 Å². The van der Waals surface area contributed by atoms with Crippen molar-refractivity contribution < 1.29 is 19.6 Å². The van der Waals surface area contributed by atoms with E-state index in [9.17, 15) is 14.7 Å². The largest absolute Gasteiger partial charge is 0.548 e. The third-order valence-electron chi connectivity index (χ3n) is 4.06. The molecule has 0 saturated heterocycles. The van der Waals surface area contributed by atoms with Crippen molar-refractivity contribution in [2.75, 3.05) is 13.1 Å². The third kappa shape index (κ3) is 2.99. The van der Waals surface area contributed by atoms with Crippen LogP contribution in [0.25, 0.3) is 0 Å². The molecule has 1 heterocycles. The molecule has 0 spiro atoms. The number of aliphatic carboxylic acids is 1. The van der Waals surface area contributed by atoms with E-state index in [1.54, 1.807) is 0 Å². The molecule has 0 radical (unpaired) electrons. The van der Waals surface area contributed by atoms with Crippen LogP contribution in [-0.4, -0.2) is 30.5 Å². The van der Waals surface area contributed by atoms with Crippen LogP contribution in [0.4, 0.5) is 0 Å². The number of benzene rings is 1. The maximum absolute atomic E-state index is 12.2. The Balaban J connectivity index is 2.07. The molecule has 108 valence electrons. The van der Waals surface area contributed by atoms with Crippen molar-refractivity contribution in [3.63, 3.8) is 0 Å². The second kappa shape index (κ2) is 5.63. The number of carbonyl (C=O) groups excluding carboxylic acids is 2. The molecular formula is C15H20N2O3. The van der Waals surface area contributed by atoms with Crippen LogP contribution in [0, 0.1) is 0 Å². The first-order chi connectivity index (χ1) is 9.41. The fraction of sp³-hybridized carbons (Fsp3) is 0.467. The first kappa shape index (κ1) is 14.5. The number of carboxylic acid groups (broad SMARTS) is 1. The van der Waals surface area contributed by atoms with Crippen molar-refractivity contribution >= 4 is 11.9 Å². The molecular weight excluding hydrogens is 256 g/mol. The molecule has 1 aromatic rings. The van der Waals surface area contributed by atoms with Gasteiger partial charge in [0.15, 0.2) is 5.54 Å². The highest BCUT2D eigenvalue weighted by atomic mass is 16.4. The number of amides is 1. The average molecular weight is 276 g/mol. The standard InChI is InChI=1S/C15H20N2O3/c1-15(2,14(20)16-9-13(18)19)17-8-7-11-5-3-4-6-12(11)10-17/h3-6H,7-10H2,1-2H3,(H,16,20)(H,18,19). The van der Waals surface area contributed by atoms with Crippen molar-refractivity contribution in [2.45, 2.75) is 32.4 Å². The Morgan fingerprint density at radius 3 is 2.60 bits per heavy atom. The van der Waals surface area contributed by atoms with Crippen LogP contribution in [0.1, 0.15) is 25.0 Å². The Morgan fingerprint density at radius 2 is 1.95 bits per heavy atom. The molecule has 0 saturated carbocycles. The van der Waals surface area contributed by atoms with Gasteiger partial charge < -0.3 is 20.1 Å². The van der Waals surface area contributed by atoms with Crippen LogP contribution in [0.15, 0.2) is 24.3 Å². The van der Waals surface area contributed by atoms with Gasteiger partial charge in [0.1, 0.15) is 6.54 Å². The van der Waals surface area contributed by atoms with Crippen molar-refractivity contribution in [3.8, 4) is 0 Å². The van der Waals surface area contributed by atoms with Gasteiger partial charge in [-0.3, -0.25) is 4.79 Å². The summed E-state index contributed by atoms with van der Waals surface area (Å²) < 4.78 is 0. The minimum absolute atomic E-state index is 0.254. The van der Waals surface area contributed by atoms with Crippen molar-refractivity contribution in [1.82, 2.24) is 5.32 Å². The summed E-state index contributed by atoms with van der Waals surface area (Å²) in [4.78, 5) is 23.7. The molecule has 1 amide bonds. The Hall–Kier alpha value is -1.88. The van der Waals surface area contributed by atoms with Crippen LogP contribution in [0.5, 0.6) is 0 Å². The number of carboxylic acids is 1. The third-order valence-corrected chi connectivity index (χ3v) is 4.06. The number of carbonyl (C=O) groups is 2. The fourth-order valence-corrected chi connectivity index (χ4v) is 2.65. The maximum Gasteiger partial charge on any atom is 0.281 e. The van der Waals surface area contributed by atoms with E-state index in [1.165, 1.54) is 11.1 Å². The lowest BCUT2D eigenvalue weighted by Gasteiger charge is -2.37. The molecule has 0 bridgehead atoms. The number of fused-ring (bicyclic) bond motifs is 1. The summed E-state index contributed by atoms with van der Waals surface area (Å²) in [6, 6.07) is 8.24. The van der Waals surface area contributed by atoms with E-state index >= 15 is 0 Å². The Morgan fingerprint density at radius 1 is 1.30 bits per heavy atom. The quantitative estimate of drug-likeness (QED) is 0.686. The number of rotatable bonds is 4. The average Bonchev–Trinajstić information content (AvgIpc) is 2.44. The molecule has 0 aliphatic carbocycles. The van der Waals surface area contributed by atoms with Gasteiger partial charge >= 0.3 is 0 Å². The number of hydrogen-bond acceptors (Lipinski definition) is 3. The van der Waals surface area contributed by atoms with Crippen molar-refractivity contribution in [2.24, 2.45) is 0 Å². The minimum atomic E-state index is -1.27. The number of nitrogens with one attached hydrogen (secondary N) is 2. The second-order valence-corrected chi connectivity index (χ2v) is 5.73. The first-order valence-electron chi connectivity index (χ1n) is 6.81. The second-order valence-electron chi connectivity index (χ2n) is 5.73. The lowest BCUT2D eigenvalue weighted by molar-refractivity contribution is -0.953. The fourth-order valence-electron chi connectivity index (χ4n) is 2.65. The normalized spacial score (nSPS) is 18.2. The summed E-state index contributed by atoms with van der Waals surface area (Å²) in [6.45, 7) is 4.90. The van der Waals surface area contributed by atoms with Gasteiger partial charge in [0.05, 0.1) is 19.1 Å². The van der Waals surface area contributed by atoms with Gasteiger partial charge in [-0.15, -0.1) is 0 Å². The molecule has 2 N–H and O–H groups in total. The van der Waals surface area contributed by atoms with E-state index in [2.05, 4.69) is 17.4 Å². The Kier molecular flexibility index (Phi) is 4.09. The highest BCUT2D eigenvalue weighted by molar-refractivity contribution is 5.86. The van der Waals surface area contributed by atoms with Crippen molar-refractivity contribution in [3.05, 3.63) is 35.4 Å². The Bertz CT molecular complexity index is 526. The molecule has 1 aromatic carbocycles. The Labute approximate surface area is 118 Å². The molecule has 20 heavy (non-hydrogen) atoms. The molecule has 1 aliphatic rings.